The summed E-state index contributed by atoms with van der Waals surface area (Å²) in [6.07, 6.45) is 3.66. The maximum atomic E-state index is 11.5. The Balaban J connectivity index is 2.28. The number of nitrogens with zero attached hydrogens (tertiary/aromatic N) is 2. The van der Waals surface area contributed by atoms with Gasteiger partial charge in [0.1, 0.15) is 0 Å². The first-order valence-corrected chi connectivity index (χ1v) is 6.35. The first-order valence-electron chi connectivity index (χ1n) is 6.35. The van der Waals surface area contributed by atoms with Crippen LogP contribution in [0.15, 0.2) is 0 Å². The molecule has 4 amide bonds. The SMILES string of the molecule is CN(C)C(=O)N[C@H]1CC[C@H](NC(=O)N(C)C)CC1. The van der Waals surface area contributed by atoms with Crippen molar-refractivity contribution in [2.24, 2.45) is 0 Å². The van der Waals surface area contributed by atoms with Crippen LogP contribution in [-0.4, -0.2) is 62.1 Å². The summed E-state index contributed by atoms with van der Waals surface area (Å²) in [6, 6.07) is 0.367. The standard InChI is InChI=1S/C12H24N4O2/c1-15(2)11(17)13-9-5-7-10(8-6-9)14-12(18)16(3)4/h9-10H,5-8H2,1-4H3,(H,13,17)(H,14,18)/t9-,10-. The van der Waals surface area contributed by atoms with E-state index < -0.39 is 0 Å². The fourth-order valence-corrected chi connectivity index (χ4v) is 1.99. The van der Waals surface area contributed by atoms with Gasteiger partial charge in [0.15, 0.2) is 0 Å². The van der Waals surface area contributed by atoms with Gasteiger partial charge < -0.3 is 20.4 Å². The average molecular weight is 256 g/mol. The molecule has 1 rings (SSSR count). The minimum Gasteiger partial charge on any atom is -0.335 e. The molecule has 0 atom stereocenters. The van der Waals surface area contributed by atoms with Gasteiger partial charge >= 0.3 is 12.1 Å². The van der Waals surface area contributed by atoms with Crippen LogP contribution in [-0.2, 0) is 0 Å². The van der Waals surface area contributed by atoms with Crippen LogP contribution in [0.25, 0.3) is 0 Å². The van der Waals surface area contributed by atoms with E-state index in [-0.39, 0.29) is 24.1 Å². The molecule has 0 bridgehead atoms. The van der Waals surface area contributed by atoms with E-state index in [1.807, 2.05) is 0 Å². The molecule has 6 nitrogen and oxygen atoms in total. The zero-order valence-electron chi connectivity index (χ0n) is 11.7. The van der Waals surface area contributed by atoms with E-state index in [4.69, 9.17) is 0 Å². The molecule has 18 heavy (non-hydrogen) atoms. The van der Waals surface area contributed by atoms with Gasteiger partial charge in [0, 0.05) is 40.3 Å². The second-order valence-corrected chi connectivity index (χ2v) is 5.24. The Morgan fingerprint density at radius 2 is 1.06 bits per heavy atom. The Kier molecular flexibility index (Phi) is 5.25. The molecular formula is C12H24N4O2. The van der Waals surface area contributed by atoms with Crippen molar-refractivity contribution in [3.05, 3.63) is 0 Å². The number of carbonyl (C=O) groups excluding carboxylic acids is 2. The van der Waals surface area contributed by atoms with Gasteiger partial charge in [-0.15, -0.1) is 0 Å². The van der Waals surface area contributed by atoms with Crippen LogP contribution in [0.4, 0.5) is 9.59 Å². The third-order valence-electron chi connectivity index (χ3n) is 3.19. The molecule has 2 N–H and O–H groups in total. The van der Waals surface area contributed by atoms with Crippen molar-refractivity contribution in [3.8, 4) is 0 Å². The number of hydrogen-bond acceptors (Lipinski definition) is 2. The van der Waals surface area contributed by atoms with Gasteiger partial charge in [0.2, 0.25) is 0 Å². The molecule has 0 spiro atoms. The molecule has 0 aromatic rings. The third kappa shape index (κ3) is 4.43. The Bertz CT molecular complexity index is 266. The van der Waals surface area contributed by atoms with Crippen LogP contribution in [0.5, 0.6) is 0 Å². The summed E-state index contributed by atoms with van der Waals surface area (Å²) in [7, 11) is 6.94. The molecule has 6 heteroatoms. The second kappa shape index (κ2) is 6.47. The molecule has 0 radical (unpaired) electrons. The molecular weight excluding hydrogens is 232 g/mol. The fraction of sp³-hybridized carbons (Fsp3) is 0.833. The topological polar surface area (TPSA) is 64.7 Å². The van der Waals surface area contributed by atoms with Gasteiger partial charge in [0.25, 0.3) is 0 Å². The molecule has 0 aromatic heterocycles. The van der Waals surface area contributed by atoms with Gasteiger partial charge in [-0.25, -0.2) is 9.59 Å². The highest BCUT2D eigenvalue weighted by atomic mass is 16.2. The van der Waals surface area contributed by atoms with Crippen molar-refractivity contribution in [2.75, 3.05) is 28.2 Å². The number of amides is 4. The van der Waals surface area contributed by atoms with Gasteiger partial charge in [0.05, 0.1) is 0 Å². The van der Waals surface area contributed by atoms with E-state index in [2.05, 4.69) is 10.6 Å². The van der Waals surface area contributed by atoms with Crippen molar-refractivity contribution >= 4 is 12.1 Å². The first kappa shape index (κ1) is 14.6. The van der Waals surface area contributed by atoms with Crippen LogP contribution < -0.4 is 10.6 Å². The van der Waals surface area contributed by atoms with Gasteiger partial charge in [-0.3, -0.25) is 0 Å². The number of carbonyl (C=O) groups is 2. The quantitative estimate of drug-likeness (QED) is 0.769. The van der Waals surface area contributed by atoms with E-state index in [0.29, 0.717) is 0 Å². The molecule has 0 aliphatic heterocycles. The summed E-state index contributed by atoms with van der Waals surface area (Å²) < 4.78 is 0. The van der Waals surface area contributed by atoms with E-state index >= 15 is 0 Å². The summed E-state index contributed by atoms with van der Waals surface area (Å²) in [5.74, 6) is 0. The lowest BCUT2D eigenvalue weighted by Gasteiger charge is -2.31. The normalized spacial score (nSPS) is 23.1. The molecule has 0 heterocycles. The Labute approximate surface area is 109 Å². The number of rotatable bonds is 2. The minimum absolute atomic E-state index is 0.0456. The molecule has 0 aromatic carbocycles. The van der Waals surface area contributed by atoms with Crippen LogP contribution in [0, 0.1) is 0 Å². The molecule has 104 valence electrons. The highest BCUT2D eigenvalue weighted by molar-refractivity contribution is 5.74. The predicted octanol–water partition coefficient (Wildman–Crippen LogP) is 0.840. The van der Waals surface area contributed by atoms with Crippen molar-refractivity contribution in [2.45, 2.75) is 37.8 Å². The first-order chi connectivity index (χ1) is 8.40. The van der Waals surface area contributed by atoms with Crippen molar-refractivity contribution in [3.63, 3.8) is 0 Å². The Morgan fingerprint density at radius 1 is 0.778 bits per heavy atom. The smallest absolute Gasteiger partial charge is 0.317 e. The van der Waals surface area contributed by atoms with Crippen LogP contribution in [0.2, 0.25) is 0 Å². The molecule has 1 aliphatic rings. The van der Waals surface area contributed by atoms with E-state index in [1.165, 1.54) is 0 Å². The fourth-order valence-electron chi connectivity index (χ4n) is 1.99. The van der Waals surface area contributed by atoms with E-state index in [9.17, 15) is 9.59 Å². The van der Waals surface area contributed by atoms with Gasteiger partial charge in [-0.1, -0.05) is 0 Å². The number of urea groups is 2. The molecule has 1 saturated carbocycles. The van der Waals surface area contributed by atoms with Crippen LogP contribution in [0.3, 0.4) is 0 Å². The summed E-state index contributed by atoms with van der Waals surface area (Å²) >= 11 is 0. The molecule has 0 saturated heterocycles. The van der Waals surface area contributed by atoms with E-state index in [1.54, 1.807) is 38.0 Å². The van der Waals surface area contributed by atoms with Crippen molar-refractivity contribution in [1.29, 1.82) is 0 Å². The number of nitrogens with one attached hydrogen (secondary N) is 2. The van der Waals surface area contributed by atoms with Crippen molar-refractivity contribution < 1.29 is 9.59 Å². The maximum Gasteiger partial charge on any atom is 0.317 e. The monoisotopic (exact) mass is 256 g/mol. The molecule has 1 fully saturated rings. The summed E-state index contributed by atoms with van der Waals surface area (Å²) in [4.78, 5) is 26.1. The molecule has 0 unspecified atom stereocenters. The highest BCUT2D eigenvalue weighted by Gasteiger charge is 2.24. The summed E-state index contributed by atoms with van der Waals surface area (Å²) in [5.41, 5.74) is 0. The average Bonchev–Trinajstić information content (AvgIpc) is 2.31. The lowest BCUT2D eigenvalue weighted by molar-refractivity contribution is 0.198. The lowest BCUT2D eigenvalue weighted by Crippen LogP contribution is -2.48. The number of hydrogen-bond donors (Lipinski definition) is 2. The summed E-state index contributed by atoms with van der Waals surface area (Å²) in [6.45, 7) is 0. The van der Waals surface area contributed by atoms with Gasteiger partial charge in [-0.2, -0.15) is 0 Å². The zero-order valence-corrected chi connectivity index (χ0v) is 11.7. The largest absolute Gasteiger partial charge is 0.335 e. The molecule has 1 aliphatic carbocycles. The van der Waals surface area contributed by atoms with Gasteiger partial charge in [-0.05, 0) is 25.7 Å². The van der Waals surface area contributed by atoms with Crippen molar-refractivity contribution in [1.82, 2.24) is 20.4 Å². The van der Waals surface area contributed by atoms with E-state index in [0.717, 1.165) is 25.7 Å². The summed E-state index contributed by atoms with van der Waals surface area (Å²) in [5, 5.41) is 5.96. The second-order valence-electron chi connectivity index (χ2n) is 5.24. The zero-order chi connectivity index (χ0) is 13.7. The van der Waals surface area contributed by atoms with Crippen LogP contribution in [0.1, 0.15) is 25.7 Å². The third-order valence-corrected chi connectivity index (χ3v) is 3.19. The minimum atomic E-state index is -0.0456. The lowest BCUT2D eigenvalue weighted by atomic mass is 9.91. The Hall–Kier alpha value is -1.46. The highest BCUT2D eigenvalue weighted by Crippen LogP contribution is 2.18. The van der Waals surface area contributed by atoms with Crippen LogP contribution >= 0.6 is 0 Å². The Morgan fingerprint density at radius 3 is 1.28 bits per heavy atom. The predicted molar refractivity (Wildman–Crippen MR) is 70.5 cm³/mol. The maximum absolute atomic E-state index is 11.5.